The SMILES string of the molecule is O=C(O)N1CC2C(C1)C2c1cc(Cl)nc(Cl)c1. The van der Waals surface area contributed by atoms with E-state index in [2.05, 4.69) is 4.98 Å². The van der Waals surface area contributed by atoms with Crippen molar-refractivity contribution in [1.82, 2.24) is 9.88 Å². The number of pyridine rings is 1. The number of rotatable bonds is 1. The van der Waals surface area contributed by atoms with E-state index in [1.165, 1.54) is 4.90 Å². The number of fused-ring (bicyclic) bond motifs is 1. The normalized spacial score (nSPS) is 30.2. The van der Waals surface area contributed by atoms with E-state index in [0.29, 0.717) is 41.1 Å². The molecule has 2 fully saturated rings. The van der Waals surface area contributed by atoms with Gasteiger partial charge in [0.05, 0.1) is 0 Å². The Balaban J connectivity index is 1.76. The second kappa shape index (κ2) is 3.75. The second-order valence-electron chi connectivity index (χ2n) is 4.59. The third-order valence-corrected chi connectivity index (χ3v) is 4.02. The fourth-order valence-corrected chi connectivity index (χ4v) is 3.33. The van der Waals surface area contributed by atoms with E-state index < -0.39 is 6.09 Å². The lowest BCUT2D eigenvalue weighted by molar-refractivity contribution is 0.150. The summed E-state index contributed by atoms with van der Waals surface area (Å²) in [4.78, 5) is 16.2. The Bertz CT molecular complexity index is 462. The topological polar surface area (TPSA) is 53.4 Å². The predicted octanol–water partition coefficient (Wildman–Crippen LogP) is 2.71. The maximum Gasteiger partial charge on any atom is 0.407 e. The number of halogens is 2. The summed E-state index contributed by atoms with van der Waals surface area (Å²) in [5, 5.41) is 9.66. The fourth-order valence-electron chi connectivity index (χ4n) is 2.85. The van der Waals surface area contributed by atoms with Crippen molar-refractivity contribution in [2.45, 2.75) is 5.92 Å². The number of amides is 1. The van der Waals surface area contributed by atoms with Crippen LogP contribution in [0.25, 0.3) is 0 Å². The molecule has 2 heterocycles. The minimum atomic E-state index is -0.832. The van der Waals surface area contributed by atoms with E-state index in [4.69, 9.17) is 28.3 Å². The zero-order valence-corrected chi connectivity index (χ0v) is 10.3. The van der Waals surface area contributed by atoms with Crippen LogP contribution < -0.4 is 0 Å². The minimum Gasteiger partial charge on any atom is -0.465 e. The summed E-state index contributed by atoms with van der Waals surface area (Å²) < 4.78 is 0. The molecule has 4 nitrogen and oxygen atoms in total. The molecule has 2 unspecified atom stereocenters. The second-order valence-corrected chi connectivity index (χ2v) is 5.36. The van der Waals surface area contributed by atoms with Crippen LogP contribution in [0, 0.1) is 11.8 Å². The third kappa shape index (κ3) is 1.85. The van der Waals surface area contributed by atoms with Crippen molar-refractivity contribution in [3.8, 4) is 0 Å². The van der Waals surface area contributed by atoms with Gasteiger partial charge in [-0.3, -0.25) is 0 Å². The average molecular weight is 273 g/mol. The van der Waals surface area contributed by atoms with E-state index in [-0.39, 0.29) is 0 Å². The molecule has 0 bridgehead atoms. The average Bonchev–Trinajstić information content (AvgIpc) is 2.72. The number of carboxylic acid groups (broad SMARTS) is 1. The van der Waals surface area contributed by atoms with Crippen LogP contribution in [0.1, 0.15) is 11.5 Å². The Labute approximate surface area is 108 Å². The summed E-state index contributed by atoms with van der Waals surface area (Å²) in [6.45, 7) is 1.23. The first-order chi connectivity index (χ1) is 8.06. The van der Waals surface area contributed by atoms with Crippen molar-refractivity contribution in [1.29, 1.82) is 0 Å². The lowest BCUT2D eigenvalue weighted by Crippen LogP contribution is -2.29. The Morgan fingerprint density at radius 3 is 2.29 bits per heavy atom. The molecule has 2 aliphatic rings. The van der Waals surface area contributed by atoms with Gasteiger partial charge < -0.3 is 10.0 Å². The molecule has 0 spiro atoms. The Morgan fingerprint density at radius 1 is 1.29 bits per heavy atom. The highest BCUT2D eigenvalue weighted by atomic mass is 35.5. The zero-order chi connectivity index (χ0) is 12.2. The van der Waals surface area contributed by atoms with Gasteiger partial charge in [0.2, 0.25) is 0 Å². The molecule has 3 rings (SSSR count). The van der Waals surface area contributed by atoms with Gasteiger partial charge in [0.25, 0.3) is 0 Å². The van der Waals surface area contributed by atoms with Gasteiger partial charge in [-0.25, -0.2) is 9.78 Å². The molecule has 17 heavy (non-hydrogen) atoms. The molecular formula is C11H10Cl2N2O2. The van der Waals surface area contributed by atoms with Crippen molar-refractivity contribution in [2.75, 3.05) is 13.1 Å². The number of aromatic nitrogens is 1. The Kier molecular flexibility index (Phi) is 2.45. The van der Waals surface area contributed by atoms with Crippen LogP contribution >= 0.6 is 23.2 Å². The molecule has 1 N–H and O–H groups in total. The van der Waals surface area contributed by atoms with Gasteiger partial charge in [-0.2, -0.15) is 0 Å². The van der Waals surface area contributed by atoms with Crippen LogP contribution in [-0.4, -0.2) is 34.2 Å². The summed E-state index contributed by atoms with van der Waals surface area (Å²) in [7, 11) is 0. The monoisotopic (exact) mass is 272 g/mol. The maximum absolute atomic E-state index is 10.8. The zero-order valence-electron chi connectivity index (χ0n) is 8.81. The first-order valence-corrected chi connectivity index (χ1v) is 6.12. The highest BCUT2D eigenvalue weighted by Crippen LogP contribution is 2.58. The summed E-state index contributed by atoms with van der Waals surface area (Å²) in [6, 6.07) is 3.64. The Hall–Kier alpha value is -1.00. The van der Waals surface area contributed by atoms with Crippen LogP contribution in [0.15, 0.2) is 12.1 Å². The number of hydrogen-bond donors (Lipinski definition) is 1. The van der Waals surface area contributed by atoms with Crippen molar-refractivity contribution in [3.63, 3.8) is 0 Å². The van der Waals surface area contributed by atoms with Gasteiger partial charge >= 0.3 is 6.09 Å². The van der Waals surface area contributed by atoms with Crippen LogP contribution in [0.3, 0.4) is 0 Å². The standard InChI is InChI=1S/C11H10Cl2N2O2/c12-8-1-5(2-9(13)14-8)10-6-3-15(11(16)17)4-7(6)10/h1-2,6-7,10H,3-4H2,(H,16,17). The number of likely N-dealkylation sites (tertiary alicyclic amines) is 1. The van der Waals surface area contributed by atoms with Crippen molar-refractivity contribution in [2.24, 2.45) is 11.8 Å². The van der Waals surface area contributed by atoms with Gasteiger partial charge in [0.1, 0.15) is 10.3 Å². The van der Waals surface area contributed by atoms with Gasteiger partial charge in [-0.15, -0.1) is 0 Å². The maximum atomic E-state index is 10.8. The summed E-state index contributed by atoms with van der Waals surface area (Å²) in [5.41, 5.74) is 1.08. The summed E-state index contributed by atoms with van der Waals surface area (Å²) in [6.07, 6.45) is -0.832. The van der Waals surface area contributed by atoms with E-state index in [1.807, 2.05) is 12.1 Å². The van der Waals surface area contributed by atoms with Gasteiger partial charge in [-0.05, 0) is 35.4 Å². The van der Waals surface area contributed by atoms with Crippen molar-refractivity contribution >= 4 is 29.3 Å². The van der Waals surface area contributed by atoms with Crippen LogP contribution in [0.2, 0.25) is 10.3 Å². The molecular weight excluding hydrogens is 263 g/mol. The van der Waals surface area contributed by atoms with E-state index in [0.717, 1.165) is 5.56 Å². The highest BCUT2D eigenvalue weighted by molar-refractivity contribution is 6.32. The summed E-state index contributed by atoms with van der Waals surface area (Å²) in [5.74, 6) is 1.23. The highest BCUT2D eigenvalue weighted by Gasteiger charge is 2.57. The molecule has 1 saturated carbocycles. The lowest BCUT2D eigenvalue weighted by Gasteiger charge is -2.15. The molecule has 1 amide bonds. The minimum absolute atomic E-state index is 0.392. The molecule has 90 valence electrons. The van der Waals surface area contributed by atoms with Gasteiger partial charge in [-0.1, -0.05) is 23.2 Å². The number of piperidine rings is 1. The van der Waals surface area contributed by atoms with Crippen LogP contribution in [0.4, 0.5) is 4.79 Å². The smallest absolute Gasteiger partial charge is 0.407 e. The first kappa shape index (κ1) is 11.1. The molecule has 6 heteroatoms. The van der Waals surface area contributed by atoms with Crippen molar-refractivity contribution < 1.29 is 9.90 Å². The largest absolute Gasteiger partial charge is 0.465 e. The van der Waals surface area contributed by atoms with Gasteiger partial charge in [0, 0.05) is 13.1 Å². The molecule has 0 radical (unpaired) electrons. The first-order valence-electron chi connectivity index (χ1n) is 5.37. The van der Waals surface area contributed by atoms with Crippen LogP contribution in [0.5, 0.6) is 0 Å². The summed E-state index contributed by atoms with van der Waals surface area (Å²) >= 11 is 11.7. The van der Waals surface area contributed by atoms with Crippen LogP contribution in [-0.2, 0) is 0 Å². The molecule has 1 aromatic rings. The quantitative estimate of drug-likeness (QED) is 0.800. The Morgan fingerprint density at radius 2 is 1.82 bits per heavy atom. The van der Waals surface area contributed by atoms with Gasteiger partial charge in [0.15, 0.2) is 0 Å². The predicted molar refractivity (Wildman–Crippen MR) is 63.6 cm³/mol. The molecule has 1 aliphatic heterocycles. The van der Waals surface area contributed by atoms with E-state index in [1.54, 1.807) is 0 Å². The number of hydrogen-bond acceptors (Lipinski definition) is 2. The molecule has 0 aromatic carbocycles. The number of nitrogens with zero attached hydrogens (tertiary/aromatic N) is 2. The third-order valence-electron chi connectivity index (χ3n) is 3.63. The van der Waals surface area contributed by atoms with Crippen molar-refractivity contribution in [3.05, 3.63) is 28.0 Å². The number of carbonyl (C=O) groups is 1. The van der Waals surface area contributed by atoms with E-state index >= 15 is 0 Å². The molecule has 2 atom stereocenters. The lowest BCUT2D eigenvalue weighted by atomic mass is 10.1. The van der Waals surface area contributed by atoms with E-state index in [9.17, 15) is 4.79 Å². The fraction of sp³-hybridized carbons (Fsp3) is 0.455. The molecule has 1 aromatic heterocycles. The molecule has 1 saturated heterocycles. The molecule has 1 aliphatic carbocycles.